The van der Waals surface area contributed by atoms with Crippen LogP contribution in [0.4, 0.5) is 5.82 Å². The van der Waals surface area contributed by atoms with Crippen LogP contribution in [0.15, 0.2) is 47.6 Å². The zero-order valence-electron chi connectivity index (χ0n) is 18.7. The summed E-state index contributed by atoms with van der Waals surface area (Å²) in [6.45, 7) is 11.4. The van der Waals surface area contributed by atoms with Gasteiger partial charge < -0.3 is 20.3 Å². The predicted octanol–water partition coefficient (Wildman–Crippen LogP) is 3.12. The normalized spacial score (nSPS) is 15.2. The Morgan fingerprint density at radius 1 is 1.13 bits per heavy atom. The number of aliphatic imine (C=N–C) groups is 1. The van der Waals surface area contributed by atoms with E-state index in [1.54, 1.807) is 0 Å². The number of aryl methyl sites for hydroxylation is 1. The van der Waals surface area contributed by atoms with Gasteiger partial charge in [0, 0.05) is 50.4 Å². The number of ether oxygens (including phenoxy) is 1. The third kappa shape index (κ3) is 5.72. The molecule has 1 saturated heterocycles. The highest BCUT2D eigenvalue weighted by molar-refractivity contribution is 5.79. The molecular formula is C24H35N5O. The SMILES string of the molecule is CCc1ccc(C(C)(C)CNC(=NC)NCc2cccnc2N2CCOCC2)cc1. The third-order valence-electron chi connectivity index (χ3n) is 5.69. The van der Waals surface area contributed by atoms with Gasteiger partial charge in [-0.15, -0.1) is 0 Å². The lowest BCUT2D eigenvalue weighted by molar-refractivity contribution is 0.122. The van der Waals surface area contributed by atoms with Gasteiger partial charge in [0.1, 0.15) is 5.82 Å². The Balaban J connectivity index is 1.58. The van der Waals surface area contributed by atoms with Gasteiger partial charge in [-0.3, -0.25) is 4.99 Å². The second kappa shape index (κ2) is 10.4. The Morgan fingerprint density at radius 2 is 1.87 bits per heavy atom. The van der Waals surface area contributed by atoms with Crippen LogP contribution in [0.1, 0.15) is 37.5 Å². The standard InChI is InChI=1S/C24H35N5O/c1-5-19-8-10-21(11-9-19)24(2,3)18-28-23(25-4)27-17-20-7-6-12-26-22(20)29-13-15-30-16-14-29/h6-12H,5,13-18H2,1-4H3,(H2,25,27,28). The summed E-state index contributed by atoms with van der Waals surface area (Å²) in [5, 5.41) is 6.94. The highest BCUT2D eigenvalue weighted by Crippen LogP contribution is 2.23. The quantitative estimate of drug-likeness (QED) is 0.543. The zero-order valence-corrected chi connectivity index (χ0v) is 18.7. The van der Waals surface area contributed by atoms with Crippen LogP contribution >= 0.6 is 0 Å². The van der Waals surface area contributed by atoms with Crippen molar-refractivity contribution in [2.75, 3.05) is 44.8 Å². The van der Waals surface area contributed by atoms with E-state index < -0.39 is 0 Å². The second-order valence-electron chi connectivity index (χ2n) is 8.30. The van der Waals surface area contributed by atoms with E-state index in [-0.39, 0.29) is 5.41 Å². The first-order valence-electron chi connectivity index (χ1n) is 10.8. The first kappa shape index (κ1) is 22.1. The van der Waals surface area contributed by atoms with E-state index in [4.69, 9.17) is 4.74 Å². The van der Waals surface area contributed by atoms with Crippen molar-refractivity contribution in [3.63, 3.8) is 0 Å². The monoisotopic (exact) mass is 409 g/mol. The fraction of sp³-hybridized carbons (Fsp3) is 0.500. The molecule has 1 aliphatic heterocycles. The number of nitrogens with one attached hydrogen (secondary N) is 2. The van der Waals surface area contributed by atoms with Crippen LogP contribution in [0.2, 0.25) is 0 Å². The maximum atomic E-state index is 5.48. The van der Waals surface area contributed by atoms with Crippen LogP contribution in [0.5, 0.6) is 0 Å². The van der Waals surface area contributed by atoms with Crippen LogP contribution < -0.4 is 15.5 Å². The summed E-state index contributed by atoms with van der Waals surface area (Å²) in [4.78, 5) is 11.3. The molecule has 0 bridgehead atoms. The van der Waals surface area contributed by atoms with Gasteiger partial charge in [0.15, 0.2) is 5.96 Å². The maximum absolute atomic E-state index is 5.48. The Bertz CT molecular complexity index is 826. The number of benzene rings is 1. The maximum Gasteiger partial charge on any atom is 0.191 e. The number of nitrogens with zero attached hydrogens (tertiary/aromatic N) is 3. The molecule has 0 amide bonds. The second-order valence-corrected chi connectivity index (χ2v) is 8.30. The van der Waals surface area contributed by atoms with E-state index in [1.807, 2.05) is 19.3 Å². The van der Waals surface area contributed by atoms with Gasteiger partial charge in [-0.2, -0.15) is 0 Å². The molecule has 30 heavy (non-hydrogen) atoms. The summed E-state index contributed by atoms with van der Waals surface area (Å²) in [5.74, 6) is 1.82. The Hall–Kier alpha value is -2.60. The molecule has 2 aromatic rings. The molecule has 0 saturated carbocycles. The van der Waals surface area contributed by atoms with Crippen LogP contribution in [-0.2, 0) is 23.1 Å². The third-order valence-corrected chi connectivity index (χ3v) is 5.69. The van der Waals surface area contributed by atoms with Crippen molar-refractivity contribution >= 4 is 11.8 Å². The lowest BCUT2D eigenvalue weighted by Crippen LogP contribution is -2.43. The summed E-state index contributed by atoms with van der Waals surface area (Å²) < 4.78 is 5.48. The molecule has 2 N–H and O–H groups in total. The average molecular weight is 410 g/mol. The lowest BCUT2D eigenvalue weighted by Gasteiger charge is -2.30. The fourth-order valence-electron chi connectivity index (χ4n) is 3.63. The molecule has 0 atom stereocenters. The molecule has 1 aromatic carbocycles. The van der Waals surface area contributed by atoms with E-state index in [2.05, 4.69) is 76.6 Å². The number of guanidine groups is 1. The summed E-state index contributed by atoms with van der Waals surface area (Å²) >= 11 is 0. The molecule has 0 unspecified atom stereocenters. The first-order chi connectivity index (χ1) is 14.5. The molecular weight excluding hydrogens is 374 g/mol. The topological polar surface area (TPSA) is 61.8 Å². The minimum Gasteiger partial charge on any atom is -0.378 e. The van der Waals surface area contributed by atoms with Gasteiger partial charge in [0.05, 0.1) is 13.2 Å². The highest BCUT2D eigenvalue weighted by atomic mass is 16.5. The van der Waals surface area contributed by atoms with Crippen molar-refractivity contribution in [3.8, 4) is 0 Å². The van der Waals surface area contributed by atoms with E-state index in [0.717, 1.165) is 56.6 Å². The number of hydrogen-bond donors (Lipinski definition) is 2. The van der Waals surface area contributed by atoms with E-state index in [9.17, 15) is 0 Å². The minimum atomic E-state index is -0.00282. The molecule has 3 rings (SSSR count). The molecule has 6 heteroatoms. The van der Waals surface area contributed by atoms with Crippen molar-refractivity contribution in [1.82, 2.24) is 15.6 Å². The smallest absolute Gasteiger partial charge is 0.191 e. The Labute approximate surface area is 180 Å². The summed E-state index contributed by atoms with van der Waals surface area (Å²) in [6, 6.07) is 13.0. The summed E-state index contributed by atoms with van der Waals surface area (Å²) in [5.41, 5.74) is 3.85. The number of morpholine rings is 1. The summed E-state index contributed by atoms with van der Waals surface area (Å²) in [6.07, 6.45) is 2.92. The van der Waals surface area contributed by atoms with Crippen molar-refractivity contribution in [2.45, 2.75) is 39.2 Å². The van der Waals surface area contributed by atoms with Crippen molar-refractivity contribution in [2.24, 2.45) is 4.99 Å². The van der Waals surface area contributed by atoms with E-state index in [0.29, 0.717) is 6.54 Å². The van der Waals surface area contributed by atoms with Crippen molar-refractivity contribution < 1.29 is 4.74 Å². The largest absolute Gasteiger partial charge is 0.378 e. The molecule has 1 fully saturated rings. The number of rotatable bonds is 7. The molecule has 6 nitrogen and oxygen atoms in total. The molecule has 162 valence electrons. The van der Waals surface area contributed by atoms with Crippen LogP contribution in [0, 0.1) is 0 Å². The molecule has 1 aromatic heterocycles. The van der Waals surface area contributed by atoms with Gasteiger partial charge in [-0.05, 0) is 23.6 Å². The van der Waals surface area contributed by atoms with Gasteiger partial charge >= 0.3 is 0 Å². The molecule has 0 radical (unpaired) electrons. The Morgan fingerprint density at radius 3 is 2.53 bits per heavy atom. The number of anilines is 1. The average Bonchev–Trinajstić information content (AvgIpc) is 2.80. The van der Waals surface area contributed by atoms with Gasteiger partial charge in [0.25, 0.3) is 0 Å². The zero-order chi connectivity index (χ0) is 21.4. The molecule has 1 aliphatic rings. The lowest BCUT2D eigenvalue weighted by atomic mass is 9.84. The van der Waals surface area contributed by atoms with Crippen molar-refractivity contribution in [1.29, 1.82) is 0 Å². The van der Waals surface area contributed by atoms with Gasteiger partial charge in [-0.1, -0.05) is 51.1 Å². The first-order valence-corrected chi connectivity index (χ1v) is 10.8. The van der Waals surface area contributed by atoms with E-state index in [1.165, 1.54) is 11.1 Å². The van der Waals surface area contributed by atoms with Gasteiger partial charge in [0.2, 0.25) is 0 Å². The van der Waals surface area contributed by atoms with Gasteiger partial charge in [-0.25, -0.2) is 4.98 Å². The highest BCUT2D eigenvalue weighted by Gasteiger charge is 2.21. The van der Waals surface area contributed by atoms with E-state index >= 15 is 0 Å². The van der Waals surface area contributed by atoms with Crippen LogP contribution in [0.3, 0.4) is 0 Å². The van der Waals surface area contributed by atoms with Crippen molar-refractivity contribution in [3.05, 3.63) is 59.3 Å². The number of aromatic nitrogens is 1. The van der Waals surface area contributed by atoms with Crippen LogP contribution in [-0.4, -0.2) is 50.8 Å². The molecule has 2 heterocycles. The summed E-state index contributed by atoms with van der Waals surface area (Å²) in [7, 11) is 1.81. The van der Waals surface area contributed by atoms with Crippen LogP contribution in [0.25, 0.3) is 0 Å². The number of hydrogen-bond acceptors (Lipinski definition) is 4. The fourth-order valence-corrected chi connectivity index (χ4v) is 3.63. The minimum absolute atomic E-state index is 0.00282. The molecule has 0 aliphatic carbocycles. The molecule has 0 spiro atoms. The number of pyridine rings is 1. The predicted molar refractivity (Wildman–Crippen MR) is 124 cm³/mol. The Kier molecular flexibility index (Phi) is 7.69.